The van der Waals surface area contributed by atoms with Gasteiger partial charge in [-0.15, -0.1) is 0 Å². The minimum absolute atomic E-state index is 0.180. The van der Waals surface area contributed by atoms with Crippen molar-refractivity contribution in [1.82, 2.24) is 0 Å². The van der Waals surface area contributed by atoms with Gasteiger partial charge in [0.15, 0.2) is 0 Å². The molecule has 5 aromatic rings. The van der Waals surface area contributed by atoms with E-state index < -0.39 is 0 Å². The van der Waals surface area contributed by atoms with Gasteiger partial charge in [-0.3, -0.25) is 0 Å². The van der Waals surface area contributed by atoms with E-state index in [2.05, 4.69) is 207 Å². The summed E-state index contributed by atoms with van der Waals surface area (Å²) in [6.07, 6.45) is 18.3. The molecule has 0 atom stereocenters. The number of allylic oxidation sites excluding steroid dienone is 9. The molecule has 0 saturated heterocycles. The van der Waals surface area contributed by atoms with Gasteiger partial charge in [0, 0.05) is 45.0 Å². The fourth-order valence-electron chi connectivity index (χ4n) is 7.90. The fraction of sp³-hybridized carbons (Fsp3) is 0.167. The lowest BCUT2D eigenvalue weighted by Crippen LogP contribution is -2.20. The summed E-state index contributed by atoms with van der Waals surface area (Å²) in [5.74, 6) is 0. The number of hydrogen-bond donors (Lipinski definition) is 0. The van der Waals surface area contributed by atoms with Crippen LogP contribution in [0.3, 0.4) is 0 Å². The van der Waals surface area contributed by atoms with Crippen LogP contribution in [-0.2, 0) is 10.8 Å². The molecule has 0 saturated carbocycles. The van der Waals surface area contributed by atoms with Gasteiger partial charge in [0.05, 0.1) is 0 Å². The summed E-state index contributed by atoms with van der Waals surface area (Å²) in [5, 5.41) is 0. The van der Waals surface area contributed by atoms with Crippen LogP contribution in [0.5, 0.6) is 0 Å². The number of anilines is 5. The molecule has 2 heteroatoms. The lowest BCUT2D eigenvalue weighted by molar-refractivity contribution is 0.655. The Balaban J connectivity index is 1.20. The molecule has 0 aromatic heterocycles. The monoisotopic (exact) mass is 648 g/mol. The van der Waals surface area contributed by atoms with Crippen LogP contribution in [0.1, 0.15) is 62.8 Å². The number of benzene rings is 5. The average molecular weight is 649 g/mol. The molecule has 0 amide bonds. The first-order valence-corrected chi connectivity index (χ1v) is 17.8. The van der Waals surface area contributed by atoms with E-state index in [-0.39, 0.29) is 10.8 Å². The number of para-hydroxylation sites is 3. The quantitative estimate of drug-likeness (QED) is 0.181. The van der Waals surface area contributed by atoms with Crippen LogP contribution in [-0.4, -0.2) is 0 Å². The molecule has 0 aliphatic heterocycles. The van der Waals surface area contributed by atoms with E-state index in [4.69, 9.17) is 0 Å². The summed E-state index contributed by atoms with van der Waals surface area (Å²) in [5.41, 5.74) is 14.7. The number of rotatable bonds is 6. The molecular formula is C48H44N2. The third-order valence-corrected chi connectivity index (χ3v) is 10.6. The van der Waals surface area contributed by atoms with Crippen molar-refractivity contribution in [3.63, 3.8) is 0 Å². The molecule has 0 N–H and O–H groups in total. The number of hydrogen-bond acceptors (Lipinski definition) is 2. The molecule has 0 fully saturated rings. The zero-order chi connectivity index (χ0) is 34.3. The molecule has 8 rings (SSSR count). The maximum atomic E-state index is 2.43. The van der Waals surface area contributed by atoms with Gasteiger partial charge in [-0.1, -0.05) is 131 Å². The summed E-state index contributed by atoms with van der Waals surface area (Å²) in [6, 6.07) is 46.2. The molecule has 50 heavy (non-hydrogen) atoms. The van der Waals surface area contributed by atoms with E-state index in [0.29, 0.717) is 0 Å². The molecule has 0 bridgehead atoms. The van der Waals surface area contributed by atoms with Gasteiger partial charge in [0.25, 0.3) is 0 Å². The predicted octanol–water partition coefficient (Wildman–Crippen LogP) is 13.1. The first kappa shape index (κ1) is 31.7. The first-order chi connectivity index (χ1) is 24.3. The summed E-state index contributed by atoms with van der Waals surface area (Å²) >= 11 is 0. The van der Waals surface area contributed by atoms with E-state index in [1.54, 1.807) is 0 Å². The highest BCUT2D eigenvalue weighted by atomic mass is 15.2. The van der Waals surface area contributed by atoms with Crippen LogP contribution >= 0.6 is 0 Å². The van der Waals surface area contributed by atoms with Gasteiger partial charge < -0.3 is 9.80 Å². The summed E-state index contributed by atoms with van der Waals surface area (Å²) in [4.78, 5) is 4.79. The van der Waals surface area contributed by atoms with Gasteiger partial charge in [0.2, 0.25) is 0 Å². The normalized spacial score (nSPS) is 16.8. The van der Waals surface area contributed by atoms with Crippen LogP contribution in [0.2, 0.25) is 0 Å². The number of nitrogens with zero attached hydrogens (tertiary/aromatic N) is 2. The highest BCUT2D eigenvalue weighted by Crippen LogP contribution is 2.51. The molecule has 2 nitrogen and oxygen atoms in total. The van der Waals surface area contributed by atoms with Crippen molar-refractivity contribution in [3.05, 3.63) is 197 Å². The maximum absolute atomic E-state index is 2.43. The highest BCUT2D eigenvalue weighted by Gasteiger charge is 2.37. The first-order valence-electron chi connectivity index (χ1n) is 17.8. The van der Waals surface area contributed by atoms with E-state index in [9.17, 15) is 0 Å². The Bertz CT molecular complexity index is 2160. The van der Waals surface area contributed by atoms with E-state index in [0.717, 1.165) is 24.2 Å². The maximum Gasteiger partial charge on any atom is 0.0465 e. The van der Waals surface area contributed by atoms with Gasteiger partial charge in [-0.25, -0.2) is 0 Å². The van der Waals surface area contributed by atoms with Crippen LogP contribution < -0.4 is 9.80 Å². The van der Waals surface area contributed by atoms with Crippen molar-refractivity contribution < 1.29 is 0 Å². The Morgan fingerprint density at radius 2 is 1.12 bits per heavy atom. The second-order valence-corrected chi connectivity index (χ2v) is 14.6. The Kier molecular flexibility index (Phi) is 8.04. The van der Waals surface area contributed by atoms with Crippen molar-refractivity contribution in [2.75, 3.05) is 9.80 Å². The van der Waals surface area contributed by atoms with E-state index >= 15 is 0 Å². The molecule has 0 unspecified atom stereocenters. The third-order valence-electron chi connectivity index (χ3n) is 10.6. The smallest absolute Gasteiger partial charge is 0.0465 e. The Labute approximate surface area is 297 Å². The summed E-state index contributed by atoms with van der Waals surface area (Å²) in [6.45, 7) is 9.45. The van der Waals surface area contributed by atoms with E-state index in [1.807, 2.05) is 0 Å². The Morgan fingerprint density at radius 1 is 0.540 bits per heavy atom. The summed E-state index contributed by atoms with van der Waals surface area (Å²) in [7, 11) is 0. The second-order valence-electron chi connectivity index (χ2n) is 14.6. The highest BCUT2D eigenvalue weighted by molar-refractivity contribution is 5.91. The third kappa shape index (κ3) is 5.65. The SMILES string of the molecule is CC1(C)C=CC2=C(C=Cc3ccc(N(C4=CC=CCC4)c4ccccc4)cc31)C(C)(C)c1cc(N(c3ccccc3)c3ccccc3)ccc12. The van der Waals surface area contributed by atoms with Gasteiger partial charge >= 0.3 is 0 Å². The van der Waals surface area contributed by atoms with Crippen LogP contribution in [0.15, 0.2) is 175 Å². The molecule has 0 radical (unpaired) electrons. The minimum Gasteiger partial charge on any atom is -0.314 e. The number of fused-ring (bicyclic) bond motifs is 3. The predicted molar refractivity (Wildman–Crippen MR) is 214 cm³/mol. The molecule has 0 spiro atoms. The summed E-state index contributed by atoms with van der Waals surface area (Å²) < 4.78 is 0. The zero-order valence-corrected chi connectivity index (χ0v) is 29.5. The van der Waals surface area contributed by atoms with Crippen LogP contribution in [0.4, 0.5) is 28.4 Å². The zero-order valence-electron chi connectivity index (χ0n) is 29.5. The van der Waals surface area contributed by atoms with Crippen LogP contribution in [0, 0.1) is 0 Å². The van der Waals surface area contributed by atoms with Gasteiger partial charge in [-0.2, -0.15) is 0 Å². The van der Waals surface area contributed by atoms with Crippen molar-refractivity contribution in [1.29, 1.82) is 0 Å². The van der Waals surface area contributed by atoms with Crippen molar-refractivity contribution in [2.24, 2.45) is 0 Å². The topological polar surface area (TPSA) is 6.48 Å². The molecule has 3 aliphatic rings. The molecule has 246 valence electrons. The minimum atomic E-state index is -0.203. The molecule has 3 aliphatic carbocycles. The van der Waals surface area contributed by atoms with Crippen molar-refractivity contribution in [2.45, 2.75) is 51.4 Å². The van der Waals surface area contributed by atoms with Crippen molar-refractivity contribution in [3.8, 4) is 0 Å². The molecule has 5 aromatic carbocycles. The molecular weight excluding hydrogens is 605 g/mol. The second kappa shape index (κ2) is 12.7. The van der Waals surface area contributed by atoms with Gasteiger partial charge in [0.1, 0.15) is 0 Å². The van der Waals surface area contributed by atoms with Crippen LogP contribution in [0.25, 0.3) is 11.6 Å². The Hall–Kier alpha value is -5.60. The Morgan fingerprint density at radius 3 is 1.74 bits per heavy atom. The standard InChI is InChI=1S/C48H44N2/c1-47(2)32-31-43-42-29-28-41(50(38-21-13-7-14-22-38)39-23-15-8-16-24-39)34-46(42)48(3,4)44(43)30-26-35-25-27-40(33-45(35)47)49(36-17-9-5-10-18-36)37-19-11-6-12-20-37/h5-11,13-19,21-34H,12,20H2,1-4H3. The van der Waals surface area contributed by atoms with Crippen molar-refractivity contribution >= 4 is 40.1 Å². The lowest BCUT2D eigenvalue weighted by Gasteiger charge is -2.31. The fourth-order valence-corrected chi connectivity index (χ4v) is 7.90. The van der Waals surface area contributed by atoms with E-state index in [1.165, 1.54) is 56.2 Å². The average Bonchev–Trinajstić information content (AvgIpc) is 3.39. The lowest BCUT2D eigenvalue weighted by atomic mass is 9.79. The largest absolute Gasteiger partial charge is 0.314 e. The molecule has 0 heterocycles. The van der Waals surface area contributed by atoms with Gasteiger partial charge in [-0.05, 0) is 113 Å².